The molecule has 3 nitrogen and oxygen atoms in total. The zero-order chi connectivity index (χ0) is 10.7. The minimum absolute atomic E-state index is 0. The van der Waals surface area contributed by atoms with E-state index in [9.17, 15) is 5.11 Å². The lowest BCUT2D eigenvalue weighted by Crippen LogP contribution is -2.52. The number of piperidine rings is 1. The molecule has 90 valence electrons. The van der Waals surface area contributed by atoms with E-state index in [0.717, 1.165) is 12.1 Å². The highest BCUT2D eigenvalue weighted by atomic mass is 35.5. The number of methoxy groups -OCH3 is 1. The van der Waals surface area contributed by atoms with Crippen molar-refractivity contribution in [1.29, 1.82) is 0 Å². The van der Waals surface area contributed by atoms with Crippen LogP contribution in [0.3, 0.4) is 0 Å². The molecule has 1 aliphatic rings. The Hall–Kier alpha value is -0.610. The van der Waals surface area contributed by atoms with E-state index in [1.807, 2.05) is 30.3 Å². The van der Waals surface area contributed by atoms with Gasteiger partial charge in [-0.15, -0.1) is 12.4 Å². The normalized spacial score (nSPS) is 29.5. The maximum absolute atomic E-state index is 10.6. The van der Waals surface area contributed by atoms with E-state index in [0.29, 0.717) is 13.0 Å². The van der Waals surface area contributed by atoms with Crippen LogP contribution in [0, 0.1) is 0 Å². The van der Waals surface area contributed by atoms with Crippen molar-refractivity contribution in [3.05, 3.63) is 35.9 Å². The number of hydrogen-bond acceptors (Lipinski definition) is 3. The van der Waals surface area contributed by atoms with Gasteiger partial charge in [-0.3, -0.25) is 0 Å². The summed E-state index contributed by atoms with van der Waals surface area (Å²) in [5.41, 5.74) is 0.0969. The van der Waals surface area contributed by atoms with Crippen LogP contribution >= 0.6 is 12.4 Å². The maximum Gasteiger partial charge on any atom is 0.118 e. The van der Waals surface area contributed by atoms with Crippen LogP contribution < -0.4 is 5.32 Å². The first-order valence-corrected chi connectivity index (χ1v) is 5.29. The molecule has 1 heterocycles. The highest BCUT2D eigenvalue weighted by Crippen LogP contribution is 2.31. The fourth-order valence-corrected chi connectivity index (χ4v) is 2.18. The Morgan fingerprint density at radius 2 is 2.06 bits per heavy atom. The van der Waals surface area contributed by atoms with Gasteiger partial charge in [-0.2, -0.15) is 0 Å². The molecule has 1 aromatic carbocycles. The standard InChI is InChI=1S/C12H17NO2.ClH/c1-15-11-9-13-8-7-12(11,14)10-5-3-2-4-6-10;/h2-6,11,13-14H,7-9H2,1H3;1H/t11-,12-;/m1./s1. The molecule has 1 aromatic rings. The van der Waals surface area contributed by atoms with Gasteiger partial charge in [0.1, 0.15) is 11.7 Å². The fourth-order valence-electron chi connectivity index (χ4n) is 2.18. The number of benzene rings is 1. The highest BCUT2D eigenvalue weighted by molar-refractivity contribution is 5.85. The molecule has 0 aliphatic carbocycles. The molecule has 0 bridgehead atoms. The first kappa shape index (κ1) is 13.5. The monoisotopic (exact) mass is 243 g/mol. The van der Waals surface area contributed by atoms with E-state index >= 15 is 0 Å². The van der Waals surface area contributed by atoms with Crippen LogP contribution in [0.2, 0.25) is 0 Å². The van der Waals surface area contributed by atoms with E-state index in [4.69, 9.17) is 4.74 Å². The molecule has 0 radical (unpaired) electrons. The van der Waals surface area contributed by atoms with Crippen molar-refractivity contribution >= 4 is 12.4 Å². The van der Waals surface area contributed by atoms with Crippen molar-refractivity contribution < 1.29 is 9.84 Å². The van der Waals surface area contributed by atoms with Crippen molar-refractivity contribution in [3.8, 4) is 0 Å². The SMILES string of the molecule is CO[C@@H]1CNCC[C@@]1(O)c1ccccc1.Cl. The van der Waals surface area contributed by atoms with Crippen LogP contribution in [0.15, 0.2) is 30.3 Å². The van der Waals surface area contributed by atoms with E-state index in [2.05, 4.69) is 5.32 Å². The number of halogens is 1. The van der Waals surface area contributed by atoms with Crippen molar-refractivity contribution in [1.82, 2.24) is 5.32 Å². The third-order valence-electron chi connectivity index (χ3n) is 3.10. The summed E-state index contributed by atoms with van der Waals surface area (Å²) in [4.78, 5) is 0. The second kappa shape index (κ2) is 5.64. The van der Waals surface area contributed by atoms with Crippen LogP contribution in [0.5, 0.6) is 0 Å². The molecule has 0 saturated carbocycles. The predicted molar refractivity (Wildman–Crippen MR) is 65.9 cm³/mol. The third-order valence-corrected chi connectivity index (χ3v) is 3.10. The van der Waals surface area contributed by atoms with Crippen molar-refractivity contribution in [2.24, 2.45) is 0 Å². The molecule has 1 aliphatic heterocycles. The van der Waals surface area contributed by atoms with Crippen LogP contribution in [-0.4, -0.2) is 31.4 Å². The molecular formula is C12H18ClNO2. The van der Waals surface area contributed by atoms with Gasteiger partial charge in [0, 0.05) is 13.7 Å². The van der Waals surface area contributed by atoms with Gasteiger partial charge in [0.05, 0.1) is 0 Å². The summed E-state index contributed by atoms with van der Waals surface area (Å²) in [5, 5.41) is 13.9. The summed E-state index contributed by atoms with van der Waals surface area (Å²) in [6.45, 7) is 1.52. The number of nitrogens with one attached hydrogen (secondary N) is 1. The lowest BCUT2D eigenvalue weighted by Gasteiger charge is -2.39. The summed E-state index contributed by atoms with van der Waals surface area (Å²) in [6, 6.07) is 9.76. The molecule has 0 aromatic heterocycles. The van der Waals surface area contributed by atoms with E-state index in [-0.39, 0.29) is 18.5 Å². The van der Waals surface area contributed by atoms with Gasteiger partial charge in [-0.1, -0.05) is 30.3 Å². The molecule has 4 heteroatoms. The summed E-state index contributed by atoms with van der Waals surface area (Å²) in [5.74, 6) is 0. The summed E-state index contributed by atoms with van der Waals surface area (Å²) < 4.78 is 5.35. The van der Waals surface area contributed by atoms with Crippen molar-refractivity contribution in [2.75, 3.05) is 20.2 Å². The van der Waals surface area contributed by atoms with Gasteiger partial charge in [0.25, 0.3) is 0 Å². The Balaban J connectivity index is 0.00000128. The predicted octanol–water partition coefficient (Wildman–Crippen LogP) is 1.30. The highest BCUT2D eigenvalue weighted by Gasteiger charge is 2.40. The lowest BCUT2D eigenvalue weighted by atomic mass is 9.83. The average molecular weight is 244 g/mol. The summed E-state index contributed by atoms with van der Waals surface area (Å²) >= 11 is 0. The largest absolute Gasteiger partial charge is 0.382 e. The second-order valence-corrected chi connectivity index (χ2v) is 3.97. The van der Waals surface area contributed by atoms with E-state index in [1.54, 1.807) is 7.11 Å². The average Bonchev–Trinajstić information content (AvgIpc) is 2.31. The van der Waals surface area contributed by atoms with E-state index in [1.165, 1.54) is 0 Å². The Morgan fingerprint density at radius 3 is 2.69 bits per heavy atom. The minimum Gasteiger partial charge on any atom is -0.382 e. The zero-order valence-electron chi connectivity index (χ0n) is 9.35. The molecule has 2 atom stereocenters. The quantitative estimate of drug-likeness (QED) is 0.823. The number of ether oxygens (including phenoxy) is 1. The van der Waals surface area contributed by atoms with Crippen molar-refractivity contribution in [3.63, 3.8) is 0 Å². The van der Waals surface area contributed by atoms with Crippen LogP contribution in [-0.2, 0) is 10.3 Å². The first-order chi connectivity index (χ1) is 7.27. The first-order valence-electron chi connectivity index (χ1n) is 5.29. The number of aliphatic hydroxyl groups is 1. The molecule has 1 fully saturated rings. The number of hydrogen-bond donors (Lipinski definition) is 2. The maximum atomic E-state index is 10.6. The summed E-state index contributed by atoms with van der Waals surface area (Å²) in [6.07, 6.45) is 0.517. The molecule has 0 unspecified atom stereocenters. The Kier molecular flexibility index (Phi) is 4.74. The smallest absolute Gasteiger partial charge is 0.118 e. The fraction of sp³-hybridized carbons (Fsp3) is 0.500. The van der Waals surface area contributed by atoms with Gasteiger partial charge in [-0.25, -0.2) is 0 Å². The van der Waals surface area contributed by atoms with Gasteiger partial charge in [-0.05, 0) is 18.5 Å². The molecular weight excluding hydrogens is 226 g/mol. The zero-order valence-corrected chi connectivity index (χ0v) is 10.2. The molecule has 2 N–H and O–H groups in total. The van der Waals surface area contributed by atoms with Crippen LogP contribution in [0.1, 0.15) is 12.0 Å². The Labute approximate surface area is 102 Å². The molecule has 2 rings (SSSR count). The van der Waals surface area contributed by atoms with Crippen LogP contribution in [0.4, 0.5) is 0 Å². The van der Waals surface area contributed by atoms with Gasteiger partial charge < -0.3 is 15.2 Å². The van der Waals surface area contributed by atoms with Crippen LogP contribution in [0.25, 0.3) is 0 Å². The lowest BCUT2D eigenvalue weighted by molar-refractivity contribution is -0.114. The molecule has 0 spiro atoms. The molecule has 1 saturated heterocycles. The topological polar surface area (TPSA) is 41.5 Å². The van der Waals surface area contributed by atoms with E-state index < -0.39 is 5.60 Å². The van der Waals surface area contributed by atoms with Gasteiger partial charge in [0.2, 0.25) is 0 Å². The van der Waals surface area contributed by atoms with Gasteiger partial charge >= 0.3 is 0 Å². The van der Waals surface area contributed by atoms with Gasteiger partial charge in [0.15, 0.2) is 0 Å². The Morgan fingerprint density at radius 1 is 1.38 bits per heavy atom. The minimum atomic E-state index is -0.846. The van der Waals surface area contributed by atoms with Crippen molar-refractivity contribution in [2.45, 2.75) is 18.1 Å². The third kappa shape index (κ3) is 2.38. The molecule has 16 heavy (non-hydrogen) atoms. The number of rotatable bonds is 2. The summed E-state index contributed by atoms with van der Waals surface area (Å²) in [7, 11) is 1.64. The second-order valence-electron chi connectivity index (χ2n) is 3.97. The molecule has 0 amide bonds. The Bertz CT molecular complexity index is 320.